The molecule has 0 N–H and O–H groups in total. The Bertz CT molecular complexity index is 780. The number of rotatable bonds is 5. The summed E-state index contributed by atoms with van der Waals surface area (Å²) in [6.07, 6.45) is 3.09. The smallest absolute Gasteiger partial charge is 0.216 e. The van der Waals surface area contributed by atoms with Crippen LogP contribution in [0.2, 0.25) is 0 Å². The highest BCUT2D eigenvalue weighted by molar-refractivity contribution is 7.19. The third kappa shape index (κ3) is 3.18. The van der Waals surface area contributed by atoms with Crippen molar-refractivity contribution in [2.45, 2.75) is 12.8 Å². The van der Waals surface area contributed by atoms with E-state index < -0.39 is 0 Å². The topological polar surface area (TPSA) is 16.1 Å². The third-order valence-electron chi connectivity index (χ3n) is 3.77. The third-order valence-corrected chi connectivity index (χ3v) is 5.04. The molecule has 4 heteroatoms. The van der Waals surface area contributed by atoms with E-state index in [1.807, 2.05) is 23.5 Å². The Kier molecular flexibility index (Phi) is 4.50. The molecule has 0 radical (unpaired) electrons. The van der Waals surface area contributed by atoms with E-state index in [9.17, 15) is 4.39 Å². The monoisotopic (exact) mass is 314 g/mol. The Morgan fingerprint density at radius 3 is 2.73 bits per heavy atom. The van der Waals surface area contributed by atoms with E-state index in [4.69, 9.17) is 0 Å². The van der Waals surface area contributed by atoms with E-state index in [0.717, 1.165) is 13.0 Å². The molecule has 0 fully saturated rings. The number of thiophene rings is 1. The lowest BCUT2D eigenvalue weighted by Crippen LogP contribution is -2.15. The van der Waals surface area contributed by atoms with Crippen molar-refractivity contribution in [1.29, 1.82) is 0 Å². The number of fused-ring (bicyclic) bond motifs is 1. The first-order chi connectivity index (χ1) is 10.6. The normalized spacial score (nSPS) is 11.5. The van der Waals surface area contributed by atoms with E-state index in [-0.39, 0.29) is 5.95 Å². The highest BCUT2D eigenvalue weighted by atomic mass is 32.1. The average Bonchev–Trinajstić information content (AvgIpc) is 2.85. The minimum atomic E-state index is -0.364. The first-order valence-corrected chi connectivity index (χ1v) is 8.20. The van der Waals surface area contributed by atoms with Crippen LogP contribution >= 0.6 is 11.3 Å². The van der Waals surface area contributed by atoms with Gasteiger partial charge < -0.3 is 4.90 Å². The number of aromatic nitrogens is 1. The Morgan fingerprint density at radius 1 is 1.14 bits per heavy atom. The van der Waals surface area contributed by atoms with Gasteiger partial charge >= 0.3 is 0 Å². The Morgan fingerprint density at radius 2 is 1.95 bits per heavy atom. The molecular formula is C18H19FN2S. The van der Waals surface area contributed by atoms with Crippen LogP contribution < -0.4 is 0 Å². The van der Waals surface area contributed by atoms with Crippen molar-refractivity contribution in [3.8, 4) is 0 Å². The first kappa shape index (κ1) is 15.1. The van der Waals surface area contributed by atoms with Crippen LogP contribution in [0.4, 0.5) is 4.39 Å². The summed E-state index contributed by atoms with van der Waals surface area (Å²) in [7, 11) is 4.15. The van der Waals surface area contributed by atoms with Crippen molar-refractivity contribution >= 4 is 21.4 Å². The van der Waals surface area contributed by atoms with Crippen LogP contribution in [0.15, 0.2) is 42.6 Å². The van der Waals surface area contributed by atoms with E-state index in [1.165, 1.54) is 26.7 Å². The summed E-state index contributed by atoms with van der Waals surface area (Å²) >= 11 is 1.82. The number of halogens is 1. The maximum absolute atomic E-state index is 13.9. The molecule has 0 aliphatic rings. The molecule has 22 heavy (non-hydrogen) atoms. The molecule has 0 unspecified atom stereocenters. The molecule has 0 amide bonds. The molecule has 0 aliphatic carbocycles. The van der Waals surface area contributed by atoms with Crippen LogP contribution in [0.3, 0.4) is 0 Å². The van der Waals surface area contributed by atoms with Gasteiger partial charge in [-0.05, 0) is 43.6 Å². The average molecular weight is 314 g/mol. The van der Waals surface area contributed by atoms with Gasteiger partial charge in [0, 0.05) is 34.3 Å². The van der Waals surface area contributed by atoms with Crippen molar-refractivity contribution in [2.24, 2.45) is 0 Å². The van der Waals surface area contributed by atoms with Gasteiger partial charge in [-0.15, -0.1) is 11.3 Å². The molecule has 2 aromatic heterocycles. The van der Waals surface area contributed by atoms with Crippen molar-refractivity contribution in [3.63, 3.8) is 0 Å². The molecule has 0 saturated heterocycles. The lowest BCUT2D eigenvalue weighted by molar-refractivity contribution is 0.414. The molecule has 0 bridgehead atoms. The predicted molar refractivity (Wildman–Crippen MR) is 91.1 cm³/mol. The lowest BCUT2D eigenvalue weighted by atomic mass is 10.0. The van der Waals surface area contributed by atoms with E-state index in [1.54, 1.807) is 6.07 Å². The van der Waals surface area contributed by atoms with Crippen molar-refractivity contribution < 1.29 is 4.39 Å². The van der Waals surface area contributed by atoms with Crippen molar-refractivity contribution in [2.75, 3.05) is 20.6 Å². The zero-order valence-corrected chi connectivity index (χ0v) is 13.7. The van der Waals surface area contributed by atoms with Crippen LogP contribution in [-0.2, 0) is 12.8 Å². The van der Waals surface area contributed by atoms with Crippen LogP contribution in [0.25, 0.3) is 10.1 Å². The summed E-state index contributed by atoms with van der Waals surface area (Å²) < 4.78 is 15.2. The Labute approximate surface area is 134 Å². The van der Waals surface area contributed by atoms with Crippen LogP contribution in [0, 0.1) is 5.95 Å². The van der Waals surface area contributed by atoms with Gasteiger partial charge in [0.25, 0.3) is 0 Å². The summed E-state index contributed by atoms with van der Waals surface area (Å²) in [6.45, 7) is 0.995. The molecule has 2 nitrogen and oxygen atoms in total. The fourth-order valence-electron chi connectivity index (χ4n) is 2.61. The van der Waals surface area contributed by atoms with Crippen LogP contribution in [0.5, 0.6) is 0 Å². The van der Waals surface area contributed by atoms with Gasteiger partial charge in [-0.1, -0.05) is 24.3 Å². The highest BCUT2D eigenvalue weighted by Gasteiger charge is 2.14. The molecule has 0 saturated carbocycles. The van der Waals surface area contributed by atoms with Gasteiger partial charge in [0.2, 0.25) is 5.95 Å². The molecule has 114 valence electrons. The SMILES string of the molecule is CN(C)CCc1sc2ccccc2c1Cc1cccnc1F. The number of pyridine rings is 1. The largest absolute Gasteiger partial charge is 0.309 e. The second kappa shape index (κ2) is 6.55. The van der Waals surface area contributed by atoms with Crippen molar-refractivity contribution in [3.05, 3.63) is 64.5 Å². The fraction of sp³-hybridized carbons (Fsp3) is 0.278. The van der Waals surface area contributed by atoms with E-state index >= 15 is 0 Å². The molecule has 2 heterocycles. The second-order valence-corrected chi connectivity index (χ2v) is 6.82. The fourth-order valence-corrected chi connectivity index (χ4v) is 3.82. The molecule has 3 rings (SSSR count). The molecule has 0 atom stereocenters. The van der Waals surface area contributed by atoms with E-state index in [0.29, 0.717) is 12.0 Å². The summed E-state index contributed by atoms with van der Waals surface area (Å²) in [5.41, 5.74) is 1.91. The minimum Gasteiger partial charge on any atom is -0.309 e. The molecule has 1 aromatic carbocycles. The maximum atomic E-state index is 13.9. The molecule has 0 spiro atoms. The van der Waals surface area contributed by atoms with Gasteiger partial charge in [0.1, 0.15) is 0 Å². The maximum Gasteiger partial charge on any atom is 0.216 e. The van der Waals surface area contributed by atoms with E-state index in [2.05, 4.69) is 42.2 Å². The predicted octanol–water partition coefficient (Wildman–Crippen LogP) is 4.13. The minimum absolute atomic E-state index is 0.364. The highest BCUT2D eigenvalue weighted by Crippen LogP contribution is 2.33. The number of likely N-dealkylation sites (N-methyl/N-ethyl adjacent to an activating group) is 1. The van der Waals surface area contributed by atoms with Gasteiger partial charge in [0.05, 0.1) is 0 Å². The summed E-state index contributed by atoms with van der Waals surface area (Å²) in [5, 5.41) is 1.24. The van der Waals surface area contributed by atoms with Gasteiger partial charge in [-0.25, -0.2) is 4.98 Å². The molecule has 0 aliphatic heterocycles. The zero-order chi connectivity index (χ0) is 15.5. The number of hydrogen-bond donors (Lipinski definition) is 0. The van der Waals surface area contributed by atoms with Crippen LogP contribution in [-0.4, -0.2) is 30.5 Å². The Hall–Kier alpha value is -1.78. The second-order valence-electron chi connectivity index (χ2n) is 5.68. The number of nitrogens with zero attached hydrogens (tertiary/aromatic N) is 2. The summed E-state index contributed by atoms with van der Waals surface area (Å²) in [4.78, 5) is 7.30. The lowest BCUT2D eigenvalue weighted by Gasteiger charge is -2.10. The summed E-state index contributed by atoms with van der Waals surface area (Å²) in [6, 6.07) is 12.0. The molecule has 3 aromatic rings. The number of hydrogen-bond acceptors (Lipinski definition) is 3. The number of benzene rings is 1. The summed E-state index contributed by atoms with van der Waals surface area (Å²) in [5.74, 6) is -0.364. The zero-order valence-electron chi connectivity index (χ0n) is 12.8. The molecular weight excluding hydrogens is 295 g/mol. The van der Waals surface area contributed by atoms with Gasteiger partial charge in [0.15, 0.2) is 0 Å². The van der Waals surface area contributed by atoms with Crippen LogP contribution in [0.1, 0.15) is 16.0 Å². The van der Waals surface area contributed by atoms with Gasteiger partial charge in [-0.3, -0.25) is 0 Å². The quantitative estimate of drug-likeness (QED) is 0.658. The van der Waals surface area contributed by atoms with Crippen molar-refractivity contribution in [1.82, 2.24) is 9.88 Å². The first-order valence-electron chi connectivity index (χ1n) is 7.38. The Balaban J connectivity index is 2.01. The standard InChI is InChI=1S/C18H19FN2S/c1-21(2)11-9-17-15(12-13-6-5-10-20-18(13)19)14-7-3-4-8-16(14)22-17/h3-8,10H,9,11-12H2,1-2H3. The van der Waals surface area contributed by atoms with Gasteiger partial charge in [-0.2, -0.15) is 4.39 Å².